The van der Waals surface area contributed by atoms with E-state index in [1.807, 2.05) is 24.3 Å². The molecule has 3 heteroatoms. The first-order valence-electron chi connectivity index (χ1n) is 6.24. The normalized spacial score (nSPS) is 13.1. The molecule has 0 aliphatic heterocycles. The molecule has 0 saturated heterocycles. The van der Waals surface area contributed by atoms with E-state index in [4.69, 9.17) is 5.73 Å². The van der Waals surface area contributed by atoms with E-state index in [0.717, 1.165) is 24.3 Å². The molecular formula is C14H25N3. The van der Waals surface area contributed by atoms with E-state index in [2.05, 4.69) is 38.2 Å². The average Bonchev–Trinajstić information content (AvgIpc) is 2.19. The standard InChI is InChI=1S/C14H25N3/c1-11(2)9-12(10-17(3)4)16-14-8-6-5-7-13(14)15/h5-8,11-12,16H,9-10,15H2,1-4H3. The van der Waals surface area contributed by atoms with Gasteiger partial charge in [-0.1, -0.05) is 26.0 Å². The van der Waals surface area contributed by atoms with E-state index in [-0.39, 0.29) is 0 Å². The number of benzene rings is 1. The molecule has 0 heterocycles. The molecule has 0 spiro atoms. The van der Waals surface area contributed by atoms with Crippen LogP contribution in [-0.4, -0.2) is 31.6 Å². The summed E-state index contributed by atoms with van der Waals surface area (Å²) in [7, 11) is 4.20. The van der Waals surface area contributed by atoms with Gasteiger partial charge in [0.25, 0.3) is 0 Å². The Balaban J connectivity index is 2.68. The lowest BCUT2D eigenvalue weighted by Crippen LogP contribution is -2.33. The summed E-state index contributed by atoms with van der Waals surface area (Å²) in [5.74, 6) is 0.678. The maximum atomic E-state index is 5.95. The van der Waals surface area contributed by atoms with Gasteiger partial charge in [-0.15, -0.1) is 0 Å². The number of nitrogens with two attached hydrogens (primary N) is 1. The van der Waals surface area contributed by atoms with Gasteiger partial charge >= 0.3 is 0 Å². The molecule has 17 heavy (non-hydrogen) atoms. The highest BCUT2D eigenvalue weighted by molar-refractivity contribution is 5.65. The van der Waals surface area contributed by atoms with Crippen LogP contribution in [0.5, 0.6) is 0 Å². The van der Waals surface area contributed by atoms with Crippen molar-refractivity contribution >= 4 is 11.4 Å². The molecule has 1 aromatic rings. The van der Waals surface area contributed by atoms with Gasteiger partial charge in [0.2, 0.25) is 0 Å². The topological polar surface area (TPSA) is 41.3 Å². The molecule has 0 aliphatic carbocycles. The fourth-order valence-corrected chi connectivity index (χ4v) is 2.04. The van der Waals surface area contributed by atoms with Gasteiger partial charge in [-0.3, -0.25) is 0 Å². The summed E-state index contributed by atoms with van der Waals surface area (Å²) in [6.45, 7) is 5.52. The average molecular weight is 235 g/mol. The fraction of sp³-hybridized carbons (Fsp3) is 0.571. The molecule has 0 bridgehead atoms. The first-order chi connectivity index (χ1) is 7.99. The van der Waals surface area contributed by atoms with Gasteiger partial charge < -0.3 is 16.0 Å². The maximum Gasteiger partial charge on any atom is 0.0576 e. The number of rotatable bonds is 6. The van der Waals surface area contributed by atoms with E-state index in [1.165, 1.54) is 0 Å². The minimum Gasteiger partial charge on any atom is -0.397 e. The lowest BCUT2D eigenvalue weighted by atomic mass is 10.0. The summed E-state index contributed by atoms with van der Waals surface area (Å²) in [6.07, 6.45) is 1.15. The molecule has 1 atom stereocenters. The molecule has 3 nitrogen and oxygen atoms in total. The van der Waals surface area contributed by atoms with Gasteiger partial charge in [0.15, 0.2) is 0 Å². The van der Waals surface area contributed by atoms with Crippen molar-refractivity contribution in [2.45, 2.75) is 26.3 Å². The number of para-hydroxylation sites is 2. The highest BCUT2D eigenvalue weighted by atomic mass is 15.1. The third-order valence-corrected chi connectivity index (χ3v) is 2.66. The Morgan fingerprint density at radius 1 is 1.24 bits per heavy atom. The van der Waals surface area contributed by atoms with E-state index in [0.29, 0.717) is 12.0 Å². The number of nitrogens with zero attached hydrogens (tertiary/aromatic N) is 1. The van der Waals surface area contributed by atoms with E-state index >= 15 is 0 Å². The van der Waals surface area contributed by atoms with Gasteiger partial charge in [-0.2, -0.15) is 0 Å². The first kappa shape index (κ1) is 13.8. The molecule has 96 valence electrons. The number of likely N-dealkylation sites (N-methyl/N-ethyl adjacent to an activating group) is 1. The first-order valence-corrected chi connectivity index (χ1v) is 6.24. The third kappa shape index (κ3) is 5.09. The van der Waals surface area contributed by atoms with E-state index in [9.17, 15) is 0 Å². The van der Waals surface area contributed by atoms with Crippen LogP contribution in [0.3, 0.4) is 0 Å². The van der Waals surface area contributed by atoms with Gasteiger partial charge in [0.05, 0.1) is 11.4 Å². The minimum absolute atomic E-state index is 0.440. The minimum atomic E-state index is 0.440. The van der Waals surface area contributed by atoms with Crippen molar-refractivity contribution in [1.29, 1.82) is 0 Å². The number of hydrogen-bond donors (Lipinski definition) is 2. The van der Waals surface area contributed by atoms with Crippen molar-refractivity contribution in [2.75, 3.05) is 31.7 Å². The van der Waals surface area contributed by atoms with Crippen LogP contribution in [0.15, 0.2) is 24.3 Å². The highest BCUT2D eigenvalue weighted by Crippen LogP contribution is 2.20. The predicted octanol–water partition coefficient (Wildman–Crippen LogP) is 2.66. The largest absolute Gasteiger partial charge is 0.397 e. The summed E-state index contributed by atoms with van der Waals surface area (Å²) >= 11 is 0. The van der Waals surface area contributed by atoms with Crippen LogP contribution >= 0.6 is 0 Å². The molecular weight excluding hydrogens is 210 g/mol. The number of hydrogen-bond acceptors (Lipinski definition) is 3. The molecule has 3 N–H and O–H groups in total. The Labute approximate surface area is 105 Å². The van der Waals surface area contributed by atoms with Gasteiger partial charge in [0.1, 0.15) is 0 Å². The van der Waals surface area contributed by atoms with Crippen molar-refractivity contribution in [3.63, 3.8) is 0 Å². The van der Waals surface area contributed by atoms with Crippen molar-refractivity contribution in [2.24, 2.45) is 5.92 Å². The summed E-state index contributed by atoms with van der Waals surface area (Å²) in [6, 6.07) is 8.39. The zero-order valence-electron chi connectivity index (χ0n) is 11.4. The third-order valence-electron chi connectivity index (χ3n) is 2.66. The molecule has 0 amide bonds. The van der Waals surface area contributed by atoms with Crippen LogP contribution in [0.2, 0.25) is 0 Å². The van der Waals surface area contributed by atoms with Crippen LogP contribution in [0.25, 0.3) is 0 Å². The van der Waals surface area contributed by atoms with Crippen LogP contribution < -0.4 is 11.1 Å². The Morgan fingerprint density at radius 3 is 2.41 bits per heavy atom. The summed E-state index contributed by atoms with van der Waals surface area (Å²) < 4.78 is 0. The summed E-state index contributed by atoms with van der Waals surface area (Å²) in [5.41, 5.74) is 7.82. The SMILES string of the molecule is CC(C)CC(CN(C)C)Nc1ccccc1N. The number of nitrogens with one attached hydrogen (secondary N) is 1. The van der Waals surface area contributed by atoms with Crippen molar-refractivity contribution in [3.8, 4) is 0 Å². The van der Waals surface area contributed by atoms with Crippen LogP contribution in [0, 0.1) is 5.92 Å². The van der Waals surface area contributed by atoms with E-state index < -0.39 is 0 Å². The lowest BCUT2D eigenvalue weighted by Gasteiger charge is -2.25. The zero-order chi connectivity index (χ0) is 12.8. The second-order valence-corrected chi connectivity index (χ2v) is 5.32. The zero-order valence-corrected chi connectivity index (χ0v) is 11.4. The van der Waals surface area contributed by atoms with Gasteiger partial charge in [-0.05, 0) is 38.6 Å². The Hall–Kier alpha value is -1.22. The Kier molecular flexibility index (Phi) is 5.29. The molecule has 0 saturated carbocycles. The molecule has 1 unspecified atom stereocenters. The monoisotopic (exact) mass is 235 g/mol. The van der Waals surface area contributed by atoms with Gasteiger partial charge in [-0.25, -0.2) is 0 Å². The molecule has 1 aromatic carbocycles. The predicted molar refractivity (Wildman–Crippen MR) is 76.3 cm³/mol. The Morgan fingerprint density at radius 2 is 1.88 bits per heavy atom. The van der Waals surface area contributed by atoms with Crippen molar-refractivity contribution in [1.82, 2.24) is 4.90 Å². The fourth-order valence-electron chi connectivity index (χ4n) is 2.04. The second kappa shape index (κ2) is 6.50. The van der Waals surface area contributed by atoms with Crippen LogP contribution in [0.4, 0.5) is 11.4 Å². The maximum absolute atomic E-state index is 5.95. The number of nitrogen functional groups attached to an aromatic ring is 1. The molecule has 0 aliphatic rings. The molecule has 0 aromatic heterocycles. The molecule has 1 rings (SSSR count). The Bertz CT molecular complexity index is 324. The van der Waals surface area contributed by atoms with Gasteiger partial charge in [0, 0.05) is 12.6 Å². The second-order valence-electron chi connectivity index (χ2n) is 5.32. The van der Waals surface area contributed by atoms with Crippen LogP contribution in [0.1, 0.15) is 20.3 Å². The summed E-state index contributed by atoms with van der Waals surface area (Å²) in [4.78, 5) is 2.21. The summed E-state index contributed by atoms with van der Waals surface area (Å²) in [5, 5.41) is 3.54. The van der Waals surface area contributed by atoms with Crippen molar-refractivity contribution < 1.29 is 0 Å². The lowest BCUT2D eigenvalue weighted by molar-refractivity contribution is 0.356. The van der Waals surface area contributed by atoms with Crippen molar-refractivity contribution in [3.05, 3.63) is 24.3 Å². The quantitative estimate of drug-likeness (QED) is 0.745. The smallest absolute Gasteiger partial charge is 0.0576 e. The van der Waals surface area contributed by atoms with Crippen LogP contribution in [-0.2, 0) is 0 Å². The number of anilines is 2. The molecule has 0 fully saturated rings. The highest BCUT2D eigenvalue weighted by Gasteiger charge is 2.12. The molecule has 0 radical (unpaired) electrons. The van der Waals surface area contributed by atoms with E-state index in [1.54, 1.807) is 0 Å².